The molecule has 0 aliphatic rings. The molecule has 0 bridgehead atoms. The van der Waals surface area contributed by atoms with Crippen molar-refractivity contribution in [3.8, 4) is 0 Å². The second kappa shape index (κ2) is 5.57. The summed E-state index contributed by atoms with van der Waals surface area (Å²) in [6.07, 6.45) is 0. The van der Waals surface area contributed by atoms with Crippen LogP contribution in [0.2, 0.25) is 5.02 Å². The van der Waals surface area contributed by atoms with Gasteiger partial charge in [-0.05, 0) is 25.1 Å². The summed E-state index contributed by atoms with van der Waals surface area (Å²) in [4.78, 5) is 12.1. The Labute approximate surface area is 104 Å². The fraction of sp³-hybridized carbons (Fsp3) is 0.364. The largest absolute Gasteiger partial charge is 0.467 e. The Bertz CT molecular complexity index is 379. The van der Waals surface area contributed by atoms with Crippen LogP contribution in [0.25, 0.3) is 0 Å². The van der Waals surface area contributed by atoms with E-state index in [9.17, 15) is 9.90 Å². The van der Waals surface area contributed by atoms with Crippen molar-refractivity contribution in [3.05, 3.63) is 29.3 Å². The summed E-state index contributed by atoms with van der Waals surface area (Å²) < 4.78 is 4.50. The van der Waals surface area contributed by atoms with Crippen molar-refractivity contribution in [2.75, 3.05) is 12.9 Å². The van der Waals surface area contributed by atoms with Crippen molar-refractivity contribution < 1.29 is 14.6 Å². The maximum Gasteiger partial charge on any atom is 0.338 e. The van der Waals surface area contributed by atoms with Gasteiger partial charge in [-0.25, -0.2) is 4.79 Å². The van der Waals surface area contributed by atoms with Gasteiger partial charge in [0.2, 0.25) is 0 Å². The smallest absolute Gasteiger partial charge is 0.338 e. The molecule has 1 rings (SSSR count). The average molecular weight is 261 g/mol. The van der Waals surface area contributed by atoms with Gasteiger partial charge in [-0.3, -0.25) is 0 Å². The Hall–Kier alpha value is -0.710. The molecule has 0 amide bonds. The number of methoxy groups -OCH3 is 1. The second-order valence-corrected chi connectivity index (χ2v) is 5.00. The van der Waals surface area contributed by atoms with E-state index in [4.69, 9.17) is 11.6 Å². The molecular formula is C11H13ClO3S. The highest BCUT2D eigenvalue weighted by atomic mass is 35.5. The van der Waals surface area contributed by atoms with Gasteiger partial charge in [0, 0.05) is 15.7 Å². The van der Waals surface area contributed by atoms with E-state index < -0.39 is 11.6 Å². The van der Waals surface area contributed by atoms with E-state index in [1.165, 1.54) is 25.8 Å². The van der Waals surface area contributed by atoms with Gasteiger partial charge in [-0.2, -0.15) is 0 Å². The minimum absolute atomic E-state index is 0.222. The number of carbonyl (C=O) groups is 1. The number of ether oxygens (including phenoxy) is 1. The van der Waals surface area contributed by atoms with Gasteiger partial charge in [0.15, 0.2) is 5.60 Å². The van der Waals surface area contributed by atoms with Gasteiger partial charge in [0.05, 0.1) is 7.11 Å². The number of hydrogen-bond acceptors (Lipinski definition) is 4. The molecule has 1 aromatic rings. The molecule has 1 unspecified atom stereocenters. The molecule has 16 heavy (non-hydrogen) atoms. The minimum Gasteiger partial charge on any atom is -0.467 e. The monoisotopic (exact) mass is 260 g/mol. The lowest BCUT2D eigenvalue weighted by Crippen LogP contribution is -2.38. The number of halogens is 1. The standard InChI is InChI=1S/C11H13ClO3S/c1-11(14,10(13)15-2)7-16-9-5-3-4-8(12)6-9/h3-6,14H,7H2,1-2H3. The lowest BCUT2D eigenvalue weighted by Gasteiger charge is -2.19. The maximum atomic E-state index is 11.2. The van der Waals surface area contributed by atoms with Gasteiger partial charge in [-0.1, -0.05) is 17.7 Å². The van der Waals surface area contributed by atoms with E-state index >= 15 is 0 Å². The highest BCUT2D eigenvalue weighted by Crippen LogP contribution is 2.25. The third-order valence-corrected chi connectivity index (χ3v) is 3.47. The van der Waals surface area contributed by atoms with Crippen LogP contribution in [0.5, 0.6) is 0 Å². The summed E-state index contributed by atoms with van der Waals surface area (Å²) in [6, 6.07) is 7.23. The number of thioether (sulfide) groups is 1. The van der Waals surface area contributed by atoms with Gasteiger partial charge in [0.1, 0.15) is 0 Å². The molecule has 0 fully saturated rings. The molecule has 0 heterocycles. The van der Waals surface area contributed by atoms with Crippen molar-refractivity contribution >= 4 is 29.3 Å². The summed E-state index contributed by atoms with van der Waals surface area (Å²) in [7, 11) is 1.25. The Morgan fingerprint density at radius 3 is 2.88 bits per heavy atom. The molecule has 0 aromatic heterocycles. The molecule has 5 heteroatoms. The van der Waals surface area contributed by atoms with Crippen LogP contribution in [-0.4, -0.2) is 29.5 Å². The third kappa shape index (κ3) is 3.70. The summed E-state index contributed by atoms with van der Waals surface area (Å²) in [5.41, 5.74) is -1.48. The first kappa shape index (κ1) is 13.4. The van der Waals surface area contributed by atoms with Crippen LogP contribution in [0.15, 0.2) is 29.2 Å². The predicted octanol–water partition coefficient (Wildman–Crippen LogP) is 2.36. The van der Waals surface area contributed by atoms with Crippen molar-refractivity contribution in [2.45, 2.75) is 17.4 Å². The van der Waals surface area contributed by atoms with E-state index in [0.717, 1.165) is 4.90 Å². The molecule has 1 aromatic carbocycles. The quantitative estimate of drug-likeness (QED) is 0.667. The van der Waals surface area contributed by atoms with Crippen LogP contribution in [0.3, 0.4) is 0 Å². The van der Waals surface area contributed by atoms with Crippen LogP contribution < -0.4 is 0 Å². The molecular weight excluding hydrogens is 248 g/mol. The normalized spacial score (nSPS) is 14.2. The molecule has 3 nitrogen and oxygen atoms in total. The Morgan fingerprint density at radius 1 is 1.62 bits per heavy atom. The van der Waals surface area contributed by atoms with Crippen LogP contribution in [0.1, 0.15) is 6.92 Å². The molecule has 88 valence electrons. The fourth-order valence-corrected chi connectivity index (χ4v) is 2.27. The van der Waals surface area contributed by atoms with Crippen molar-refractivity contribution in [2.24, 2.45) is 0 Å². The van der Waals surface area contributed by atoms with E-state index in [1.807, 2.05) is 12.1 Å². The zero-order valence-electron chi connectivity index (χ0n) is 9.07. The molecule has 1 atom stereocenters. The van der Waals surface area contributed by atoms with Crippen molar-refractivity contribution in [3.63, 3.8) is 0 Å². The van der Waals surface area contributed by atoms with Gasteiger partial charge >= 0.3 is 5.97 Å². The average Bonchev–Trinajstić information content (AvgIpc) is 2.25. The first-order chi connectivity index (χ1) is 7.45. The number of carbonyl (C=O) groups excluding carboxylic acids is 1. The molecule has 0 aliphatic carbocycles. The molecule has 0 radical (unpaired) electrons. The highest BCUT2D eigenvalue weighted by Gasteiger charge is 2.31. The Morgan fingerprint density at radius 2 is 2.31 bits per heavy atom. The van der Waals surface area contributed by atoms with Crippen LogP contribution >= 0.6 is 23.4 Å². The molecule has 0 saturated heterocycles. The first-order valence-corrected chi connectivity index (χ1v) is 6.01. The maximum absolute atomic E-state index is 11.2. The van der Waals surface area contributed by atoms with E-state index in [1.54, 1.807) is 12.1 Å². The van der Waals surface area contributed by atoms with Gasteiger partial charge in [-0.15, -0.1) is 11.8 Å². The zero-order chi connectivity index (χ0) is 12.2. The number of hydrogen-bond donors (Lipinski definition) is 1. The van der Waals surface area contributed by atoms with Gasteiger partial charge < -0.3 is 9.84 Å². The first-order valence-electron chi connectivity index (χ1n) is 4.65. The van der Waals surface area contributed by atoms with Gasteiger partial charge in [0.25, 0.3) is 0 Å². The molecule has 1 N–H and O–H groups in total. The fourth-order valence-electron chi connectivity index (χ4n) is 1.06. The summed E-state index contributed by atoms with van der Waals surface area (Å²) >= 11 is 7.17. The molecule has 0 aliphatic heterocycles. The van der Waals surface area contributed by atoms with E-state index in [-0.39, 0.29) is 5.75 Å². The Kier molecular flexibility index (Phi) is 4.65. The number of aliphatic hydroxyl groups is 1. The SMILES string of the molecule is COC(=O)C(C)(O)CSc1cccc(Cl)c1. The second-order valence-electron chi connectivity index (χ2n) is 3.51. The summed E-state index contributed by atoms with van der Waals surface area (Å²) in [5, 5.41) is 10.4. The third-order valence-electron chi connectivity index (χ3n) is 1.94. The number of benzene rings is 1. The summed E-state index contributed by atoms with van der Waals surface area (Å²) in [5.74, 6) is -0.415. The lowest BCUT2D eigenvalue weighted by molar-refractivity contribution is -0.158. The van der Waals surface area contributed by atoms with E-state index in [2.05, 4.69) is 4.74 Å². The lowest BCUT2D eigenvalue weighted by atomic mass is 10.1. The van der Waals surface area contributed by atoms with Crippen molar-refractivity contribution in [1.29, 1.82) is 0 Å². The zero-order valence-corrected chi connectivity index (χ0v) is 10.6. The highest BCUT2D eigenvalue weighted by molar-refractivity contribution is 7.99. The number of rotatable bonds is 4. The minimum atomic E-state index is -1.48. The number of esters is 1. The molecule has 0 saturated carbocycles. The summed E-state index contributed by atoms with van der Waals surface area (Å²) in [6.45, 7) is 1.43. The van der Waals surface area contributed by atoms with Crippen molar-refractivity contribution in [1.82, 2.24) is 0 Å². The van der Waals surface area contributed by atoms with E-state index in [0.29, 0.717) is 5.02 Å². The molecule has 0 spiro atoms. The predicted molar refractivity (Wildman–Crippen MR) is 64.8 cm³/mol. The topological polar surface area (TPSA) is 46.5 Å². The van der Waals surface area contributed by atoms with Crippen LogP contribution in [0, 0.1) is 0 Å². The Balaban J connectivity index is 2.61. The van der Waals surface area contributed by atoms with Crippen LogP contribution in [0.4, 0.5) is 0 Å². The van der Waals surface area contributed by atoms with Crippen LogP contribution in [-0.2, 0) is 9.53 Å².